The highest BCUT2D eigenvalue weighted by Gasteiger charge is 2.35. The minimum absolute atomic E-state index is 0.0789. The van der Waals surface area contributed by atoms with Crippen LogP contribution in [0.4, 0.5) is 0 Å². The van der Waals surface area contributed by atoms with Crippen molar-refractivity contribution in [2.45, 2.75) is 44.9 Å². The number of nitrogens with zero attached hydrogens (tertiary/aromatic N) is 1. The smallest absolute Gasteiger partial charge is 0.123 e. The van der Waals surface area contributed by atoms with Crippen molar-refractivity contribution in [2.24, 2.45) is 5.73 Å². The van der Waals surface area contributed by atoms with Crippen molar-refractivity contribution in [1.29, 1.82) is 0 Å². The van der Waals surface area contributed by atoms with Gasteiger partial charge in [-0.15, -0.1) is 0 Å². The van der Waals surface area contributed by atoms with Crippen LogP contribution in [0.1, 0.15) is 38.8 Å². The molecule has 1 aromatic carbocycles. The third-order valence-corrected chi connectivity index (χ3v) is 4.18. The van der Waals surface area contributed by atoms with Crippen molar-refractivity contribution in [3.63, 3.8) is 0 Å². The third-order valence-electron chi connectivity index (χ3n) is 4.18. The van der Waals surface area contributed by atoms with Crippen molar-refractivity contribution >= 4 is 0 Å². The molecule has 1 aromatic rings. The van der Waals surface area contributed by atoms with Crippen LogP contribution in [0.5, 0.6) is 5.75 Å². The van der Waals surface area contributed by atoms with Gasteiger partial charge in [-0.2, -0.15) is 0 Å². The molecule has 2 rings (SSSR count). The lowest BCUT2D eigenvalue weighted by molar-refractivity contribution is -0.100. The Balaban J connectivity index is 2.34. The number of nitrogens with two attached hydrogens (primary N) is 1. The predicted octanol–water partition coefficient (Wildman–Crippen LogP) is 2.58. The molecule has 2 N–H and O–H groups in total. The second-order valence-corrected chi connectivity index (χ2v) is 6.34. The normalized spacial score (nSPS) is 21.8. The summed E-state index contributed by atoms with van der Waals surface area (Å²) in [6, 6.07) is 8.43. The van der Waals surface area contributed by atoms with Crippen LogP contribution in [0.25, 0.3) is 0 Å². The first-order valence-corrected chi connectivity index (χ1v) is 7.75. The molecule has 0 saturated carbocycles. The van der Waals surface area contributed by atoms with Gasteiger partial charge in [0.2, 0.25) is 0 Å². The molecule has 21 heavy (non-hydrogen) atoms. The molecule has 0 bridgehead atoms. The van der Waals surface area contributed by atoms with Crippen LogP contribution >= 0.6 is 0 Å². The van der Waals surface area contributed by atoms with E-state index in [1.54, 1.807) is 7.11 Å². The summed E-state index contributed by atoms with van der Waals surface area (Å²) in [7, 11) is 1.72. The molecule has 2 unspecified atom stereocenters. The third kappa shape index (κ3) is 3.76. The van der Waals surface area contributed by atoms with E-state index in [0.29, 0.717) is 0 Å². The summed E-state index contributed by atoms with van der Waals surface area (Å²) in [5.74, 6) is 0.913. The minimum atomic E-state index is -0.133. The van der Waals surface area contributed by atoms with Gasteiger partial charge in [0.1, 0.15) is 5.75 Å². The number of hydrogen-bond acceptors (Lipinski definition) is 4. The van der Waals surface area contributed by atoms with E-state index in [0.717, 1.165) is 31.9 Å². The lowest BCUT2D eigenvalue weighted by Gasteiger charge is -2.44. The van der Waals surface area contributed by atoms with Gasteiger partial charge in [0.25, 0.3) is 0 Å². The van der Waals surface area contributed by atoms with Crippen molar-refractivity contribution in [2.75, 3.05) is 26.8 Å². The van der Waals surface area contributed by atoms with Crippen LogP contribution in [-0.2, 0) is 4.74 Å². The number of benzene rings is 1. The van der Waals surface area contributed by atoms with E-state index in [-0.39, 0.29) is 17.7 Å². The van der Waals surface area contributed by atoms with Gasteiger partial charge in [-0.25, -0.2) is 0 Å². The highest BCUT2D eigenvalue weighted by molar-refractivity contribution is 5.37. The maximum Gasteiger partial charge on any atom is 0.123 e. The SMILES string of the molecule is CCC(N)C(c1ccccc1OC)N1CCOC(C)(C)C1. The second-order valence-electron chi connectivity index (χ2n) is 6.34. The maximum atomic E-state index is 6.45. The van der Waals surface area contributed by atoms with Crippen LogP contribution in [0.15, 0.2) is 24.3 Å². The molecule has 1 aliphatic rings. The molecule has 4 heteroatoms. The van der Waals surface area contributed by atoms with E-state index in [9.17, 15) is 0 Å². The summed E-state index contributed by atoms with van der Waals surface area (Å²) in [4.78, 5) is 2.44. The van der Waals surface area contributed by atoms with E-state index in [2.05, 4.69) is 37.8 Å². The molecule has 0 aromatic heterocycles. The molecule has 0 amide bonds. The fraction of sp³-hybridized carbons (Fsp3) is 0.647. The molecular formula is C17H28N2O2. The van der Waals surface area contributed by atoms with Crippen molar-refractivity contribution < 1.29 is 9.47 Å². The standard InChI is InChI=1S/C17H28N2O2/c1-5-14(18)16(13-8-6-7-9-15(13)20-4)19-10-11-21-17(2,3)12-19/h6-9,14,16H,5,10-12,18H2,1-4H3. The summed E-state index contributed by atoms with van der Waals surface area (Å²) >= 11 is 0. The molecule has 0 spiro atoms. The zero-order chi connectivity index (χ0) is 15.5. The maximum absolute atomic E-state index is 6.45. The van der Waals surface area contributed by atoms with E-state index in [1.807, 2.05) is 12.1 Å². The van der Waals surface area contributed by atoms with Gasteiger partial charge in [0, 0.05) is 24.7 Å². The first-order valence-electron chi connectivity index (χ1n) is 7.75. The van der Waals surface area contributed by atoms with Gasteiger partial charge >= 0.3 is 0 Å². The number of rotatable bonds is 5. The fourth-order valence-corrected chi connectivity index (χ4v) is 3.12. The average molecular weight is 292 g/mol. The monoisotopic (exact) mass is 292 g/mol. The summed E-state index contributed by atoms with van der Waals surface area (Å²) < 4.78 is 11.4. The van der Waals surface area contributed by atoms with Crippen LogP contribution in [-0.4, -0.2) is 43.3 Å². The van der Waals surface area contributed by atoms with Crippen LogP contribution in [0, 0.1) is 0 Å². The Morgan fingerprint density at radius 3 is 2.71 bits per heavy atom. The quantitative estimate of drug-likeness (QED) is 0.906. The summed E-state index contributed by atoms with van der Waals surface area (Å²) in [6.45, 7) is 8.93. The molecule has 118 valence electrons. The van der Waals surface area contributed by atoms with Crippen molar-refractivity contribution in [3.8, 4) is 5.75 Å². The molecule has 1 heterocycles. The topological polar surface area (TPSA) is 47.7 Å². The van der Waals surface area contributed by atoms with E-state index in [1.165, 1.54) is 5.56 Å². The van der Waals surface area contributed by atoms with E-state index >= 15 is 0 Å². The van der Waals surface area contributed by atoms with Gasteiger partial charge in [0.15, 0.2) is 0 Å². The Kier molecular flexibility index (Phi) is 5.25. The number of methoxy groups -OCH3 is 1. The lowest BCUT2D eigenvalue weighted by Crippen LogP contribution is -2.53. The van der Waals surface area contributed by atoms with Gasteiger partial charge in [-0.3, -0.25) is 4.90 Å². The Morgan fingerprint density at radius 1 is 1.38 bits per heavy atom. The molecule has 1 saturated heterocycles. The Hall–Kier alpha value is -1.10. The van der Waals surface area contributed by atoms with Gasteiger partial charge < -0.3 is 15.2 Å². The fourth-order valence-electron chi connectivity index (χ4n) is 3.12. The molecule has 2 atom stereocenters. The Labute approximate surface area is 128 Å². The molecule has 1 fully saturated rings. The zero-order valence-corrected chi connectivity index (χ0v) is 13.6. The van der Waals surface area contributed by atoms with Gasteiger partial charge in [0.05, 0.1) is 25.4 Å². The number of morpholine rings is 1. The Bertz CT molecular complexity index is 462. The highest BCUT2D eigenvalue weighted by Crippen LogP contribution is 2.34. The van der Waals surface area contributed by atoms with Crippen molar-refractivity contribution in [3.05, 3.63) is 29.8 Å². The van der Waals surface area contributed by atoms with Crippen LogP contribution in [0.2, 0.25) is 0 Å². The van der Waals surface area contributed by atoms with E-state index < -0.39 is 0 Å². The predicted molar refractivity (Wildman–Crippen MR) is 85.6 cm³/mol. The largest absolute Gasteiger partial charge is 0.496 e. The van der Waals surface area contributed by atoms with Crippen LogP contribution in [0.3, 0.4) is 0 Å². The number of ether oxygens (including phenoxy) is 2. The lowest BCUT2D eigenvalue weighted by atomic mass is 9.93. The molecular weight excluding hydrogens is 264 g/mol. The molecule has 0 aliphatic carbocycles. The summed E-state index contributed by atoms with van der Waals surface area (Å²) in [5, 5.41) is 0. The first kappa shape index (κ1) is 16.3. The molecule has 4 nitrogen and oxygen atoms in total. The minimum Gasteiger partial charge on any atom is -0.496 e. The Morgan fingerprint density at radius 2 is 2.10 bits per heavy atom. The van der Waals surface area contributed by atoms with Gasteiger partial charge in [-0.1, -0.05) is 25.1 Å². The summed E-state index contributed by atoms with van der Waals surface area (Å²) in [6.07, 6.45) is 0.931. The average Bonchev–Trinajstić information content (AvgIpc) is 2.47. The number of hydrogen-bond donors (Lipinski definition) is 1. The molecule has 1 aliphatic heterocycles. The van der Waals surface area contributed by atoms with Crippen LogP contribution < -0.4 is 10.5 Å². The first-order chi connectivity index (χ1) is 9.98. The van der Waals surface area contributed by atoms with E-state index in [4.69, 9.17) is 15.2 Å². The zero-order valence-electron chi connectivity index (χ0n) is 13.6. The molecule has 0 radical (unpaired) electrons. The van der Waals surface area contributed by atoms with Gasteiger partial charge in [-0.05, 0) is 26.3 Å². The second kappa shape index (κ2) is 6.77. The number of para-hydroxylation sites is 1. The summed E-state index contributed by atoms with van der Waals surface area (Å²) in [5.41, 5.74) is 7.49. The highest BCUT2D eigenvalue weighted by atomic mass is 16.5. The van der Waals surface area contributed by atoms with Crippen molar-refractivity contribution in [1.82, 2.24) is 4.90 Å².